The van der Waals surface area contributed by atoms with Crippen LogP contribution in [0.2, 0.25) is 0 Å². The van der Waals surface area contributed by atoms with Gasteiger partial charge in [0, 0.05) is 24.4 Å². The molecule has 0 bridgehead atoms. The molecule has 0 spiro atoms. The van der Waals surface area contributed by atoms with Crippen molar-refractivity contribution in [2.24, 2.45) is 0 Å². The number of rotatable bonds is 3. The topological polar surface area (TPSA) is 34.1 Å². The Morgan fingerprint density at radius 3 is 3.29 bits per heavy atom. The van der Waals surface area contributed by atoms with Crippen molar-refractivity contribution in [3.05, 3.63) is 16.1 Å². The first-order valence-corrected chi connectivity index (χ1v) is 6.01. The highest BCUT2D eigenvalue weighted by atomic mass is 32.1. The maximum atomic E-state index is 5.40. The minimum Gasteiger partial charge on any atom is -0.379 e. The van der Waals surface area contributed by atoms with E-state index in [4.69, 9.17) is 4.74 Å². The van der Waals surface area contributed by atoms with Gasteiger partial charge in [-0.25, -0.2) is 4.98 Å². The fraction of sp³-hybridized carbons (Fsp3) is 0.700. The molecule has 1 N–H and O–H groups in total. The Hall–Kier alpha value is -0.450. The smallest absolute Gasteiger partial charge is 0.0925 e. The molecule has 2 rings (SSSR count). The van der Waals surface area contributed by atoms with Gasteiger partial charge in [0.25, 0.3) is 0 Å². The molecule has 1 saturated heterocycles. The molecule has 0 aromatic carbocycles. The molecule has 1 aliphatic heterocycles. The summed E-state index contributed by atoms with van der Waals surface area (Å²) in [5, 5.41) is 6.83. The molecule has 1 aromatic heterocycles. The van der Waals surface area contributed by atoms with Crippen LogP contribution in [0.15, 0.2) is 5.38 Å². The van der Waals surface area contributed by atoms with E-state index in [0.717, 1.165) is 32.6 Å². The molecule has 4 heteroatoms. The molecule has 0 amide bonds. The van der Waals surface area contributed by atoms with Gasteiger partial charge in [0.1, 0.15) is 0 Å². The SMILES string of the molecule is CCc1nc(CC2COCCN2)cs1. The molecule has 0 radical (unpaired) electrons. The van der Waals surface area contributed by atoms with Gasteiger partial charge in [-0.15, -0.1) is 11.3 Å². The molecule has 1 atom stereocenters. The van der Waals surface area contributed by atoms with Gasteiger partial charge in [0.05, 0.1) is 23.9 Å². The highest BCUT2D eigenvalue weighted by Crippen LogP contribution is 2.12. The number of aryl methyl sites for hydroxylation is 1. The number of nitrogens with one attached hydrogen (secondary N) is 1. The molecular weight excluding hydrogens is 196 g/mol. The molecular formula is C10H16N2OS. The Bertz CT molecular complexity index is 281. The third kappa shape index (κ3) is 2.53. The molecule has 14 heavy (non-hydrogen) atoms. The average Bonchev–Trinajstić information content (AvgIpc) is 2.67. The van der Waals surface area contributed by atoms with Crippen molar-refractivity contribution in [1.29, 1.82) is 0 Å². The summed E-state index contributed by atoms with van der Waals surface area (Å²) in [5.41, 5.74) is 1.20. The van der Waals surface area contributed by atoms with Gasteiger partial charge in [-0.3, -0.25) is 0 Å². The number of aromatic nitrogens is 1. The number of thiazole rings is 1. The van der Waals surface area contributed by atoms with Crippen LogP contribution in [0.1, 0.15) is 17.6 Å². The quantitative estimate of drug-likeness (QED) is 0.818. The molecule has 1 aliphatic rings. The van der Waals surface area contributed by atoms with E-state index in [1.54, 1.807) is 11.3 Å². The van der Waals surface area contributed by atoms with Crippen molar-refractivity contribution in [3.8, 4) is 0 Å². The highest BCUT2D eigenvalue weighted by Gasteiger charge is 2.14. The molecule has 0 saturated carbocycles. The lowest BCUT2D eigenvalue weighted by molar-refractivity contribution is 0.0767. The van der Waals surface area contributed by atoms with Gasteiger partial charge in [0.15, 0.2) is 0 Å². The van der Waals surface area contributed by atoms with Crippen molar-refractivity contribution in [3.63, 3.8) is 0 Å². The Balaban J connectivity index is 1.89. The first kappa shape index (κ1) is 10.1. The van der Waals surface area contributed by atoms with E-state index in [0.29, 0.717) is 6.04 Å². The lowest BCUT2D eigenvalue weighted by Gasteiger charge is -2.22. The minimum atomic E-state index is 0.454. The largest absolute Gasteiger partial charge is 0.379 e. The van der Waals surface area contributed by atoms with Crippen LogP contribution in [-0.2, 0) is 17.6 Å². The van der Waals surface area contributed by atoms with Crippen molar-refractivity contribution in [2.75, 3.05) is 19.8 Å². The second-order valence-electron chi connectivity index (χ2n) is 3.52. The van der Waals surface area contributed by atoms with Crippen molar-refractivity contribution >= 4 is 11.3 Å². The van der Waals surface area contributed by atoms with Crippen LogP contribution in [0.3, 0.4) is 0 Å². The van der Waals surface area contributed by atoms with Gasteiger partial charge in [0.2, 0.25) is 0 Å². The van der Waals surface area contributed by atoms with Crippen LogP contribution in [0, 0.1) is 0 Å². The first-order valence-electron chi connectivity index (χ1n) is 5.13. The van der Waals surface area contributed by atoms with E-state index >= 15 is 0 Å². The normalized spacial score (nSPS) is 22.5. The zero-order valence-electron chi connectivity index (χ0n) is 8.45. The van der Waals surface area contributed by atoms with Gasteiger partial charge in [-0.05, 0) is 6.42 Å². The third-order valence-corrected chi connectivity index (χ3v) is 3.40. The fourth-order valence-corrected chi connectivity index (χ4v) is 2.37. The predicted octanol–water partition coefficient (Wildman–Crippen LogP) is 1.24. The molecule has 0 aliphatic carbocycles. The monoisotopic (exact) mass is 212 g/mol. The van der Waals surface area contributed by atoms with Gasteiger partial charge < -0.3 is 10.1 Å². The molecule has 2 heterocycles. The molecule has 3 nitrogen and oxygen atoms in total. The summed E-state index contributed by atoms with van der Waals surface area (Å²) in [6.45, 7) is 4.77. The van der Waals surface area contributed by atoms with E-state index < -0.39 is 0 Å². The number of morpholine rings is 1. The van der Waals surface area contributed by atoms with Crippen LogP contribution in [0.4, 0.5) is 0 Å². The third-order valence-electron chi connectivity index (χ3n) is 2.36. The second-order valence-corrected chi connectivity index (χ2v) is 4.46. The lowest BCUT2D eigenvalue weighted by atomic mass is 10.1. The summed E-state index contributed by atoms with van der Waals surface area (Å²) in [7, 11) is 0. The van der Waals surface area contributed by atoms with Gasteiger partial charge in [-0.2, -0.15) is 0 Å². The Morgan fingerprint density at radius 2 is 2.64 bits per heavy atom. The summed E-state index contributed by atoms with van der Waals surface area (Å²) in [6.07, 6.45) is 2.04. The lowest BCUT2D eigenvalue weighted by Crippen LogP contribution is -2.42. The van der Waals surface area contributed by atoms with Crippen molar-refractivity contribution < 1.29 is 4.74 Å². The van der Waals surface area contributed by atoms with E-state index in [-0.39, 0.29) is 0 Å². The van der Waals surface area contributed by atoms with Crippen molar-refractivity contribution in [2.45, 2.75) is 25.8 Å². The summed E-state index contributed by atoms with van der Waals surface area (Å²) >= 11 is 1.76. The summed E-state index contributed by atoms with van der Waals surface area (Å²) in [4.78, 5) is 4.55. The molecule has 78 valence electrons. The number of hydrogen-bond acceptors (Lipinski definition) is 4. The summed E-state index contributed by atoms with van der Waals surface area (Å²) in [5.74, 6) is 0. The molecule has 1 aromatic rings. The van der Waals surface area contributed by atoms with Crippen LogP contribution < -0.4 is 5.32 Å². The highest BCUT2D eigenvalue weighted by molar-refractivity contribution is 7.09. The first-order chi connectivity index (χ1) is 6.88. The van der Waals surface area contributed by atoms with Crippen LogP contribution in [0.5, 0.6) is 0 Å². The Labute approximate surface area is 88.5 Å². The van der Waals surface area contributed by atoms with E-state index in [9.17, 15) is 0 Å². The van der Waals surface area contributed by atoms with Gasteiger partial charge >= 0.3 is 0 Å². The zero-order valence-corrected chi connectivity index (χ0v) is 9.27. The summed E-state index contributed by atoms with van der Waals surface area (Å²) < 4.78 is 5.40. The zero-order chi connectivity index (χ0) is 9.80. The van der Waals surface area contributed by atoms with Crippen LogP contribution in [-0.4, -0.2) is 30.8 Å². The number of nitrogens with zero attached hydrogens (tertiary/aromatic N) is 1. The minimum absolute atomic E-state index is 0.454. The molecule has 1 fully saturated rings. The number of hydrogen-bond donors (Lipinski definition) is 1. The fourth-order valence-electron chi connectivity index (χ4n) is 1.61. The predicted molar refractivity (Wildman–Crippen MR) is 57.8 cm³/mol. The van der Waals surface area contributed by atoms with Crippen LogP contribution >= 0.6 is 11.3 Å². The standard InChI is InChI=1S/C10H16N2OS/c1-2-10-12-9(7-14-10)5-8-6-13-4-3-11-8/h7-8,11H,2-6H2,1H3. The Morgan fingerprint density at radius 1 is 1.71 bits per heavy atom. The van der Waals surface area contributed by atoms with Crippen LogP contribution in [0.25, 0.3) is 0 Å². The second kappa shape index (κ2) is 4.87. The number of ether oxygens (including phenoxy) is 1. The van der Waals surface area contributed by atoms with Gasteiger partial charge in [-0.1, -0.05) is 6.92 Å². The Kier molecular flexibility index (Phi) is 3.50. The van der Waals surface area contributed by atoms with Crippen molar-refractivity contribution in [1.82, 2.24) is 10.3 Å². The van der Waals surface area contributed by atoms with E-state index in [1.165, 1.54) is 10.7 Å². The van der Waals surface area contributed by atoms with E-state index in [1.807, 2.05) is 0 Å². The summed E-state index contributed by atoms with van der Waals surface area (Å²) in [6, 6.07) is 0.454. The van der Waals surface area contributed by atoms with E-state index in [2.05, 4.69) is 22.6 Å². The maximum absolute atomic E-state index is 5.40. The average molecular weight is 212 g/mol. The molecule has 1 unspecified atom stereocenters. The maximum Gasteiger partial charge on any atom is 0.0925 e.